The Bertz CT molecular complexity index is 1150. The molecule has 0 spiro atoms. The van der Waals surface area contributed by atoms with Crippen LogP contribution >= 0.6 is 0 Å². The van der Waals surface area contributed by atoms with Gasteiger partial charge in [-0.25, -0.2) is 17.8 Å². The molecular formula is C20H19FN4O3S. The van der Waals surface area contributed by atoms with Crippen molar-refractivity contribution in [2.45, 2.75) is 30.5 Å². The van der Waals surface area contributed by atoms with Gasteiger partial charge in [-0.15, -0.1) is 0 Å². The number of nitrogens with zero attached hydrogens (tertiary/aromatic N) is 2. The third-order valence-corrected chi connectivity index (χ3v) is 5.83. The quantitative estimate of drug-likeness (QED) is 0.744. The summed E-state index contributed by atoms with van der Waals surface area (Å²) in [6.45, 7) is -0.648. The number of carbonyl (C=O) groups excluding carboxylic acids is 1. The number of halogens is 1. The van der Waals surface area contributed by atoms with Crippen molar-refractivity contribution in [1.82, 2.24) is 4.98 Å². The Labute approximate surface area is 168 Å². The smallest absolute Gasteiger partial charge is 0.175 e. The van der Waals surface area contributed by atoms with E-state index in [1.807, 2.05) is 6.07 Å². The van der Waals surface area contributed by atoms with Gasteiger partial charge in [0.15, 0.2) is 15.6 Å². The summed E-state index contributed by atoms with van der Waals surface area (Å²) in [5.74, 6) is 0.170. The van der Waals surface area contributed by atoms with Gasteiger partial charge in [0, 0.05) is 30.1 Å². The molecule has 9 heteroatoms. The van der Waals surface area contributed by atoms with E-state index < -0.39 is 22.6 Å². The fraction of sp³-hybridized carbons (Fsp3) is 0.250. The first-order chi connectivity index (χ1) is 13.7. The number of sulfone groups is 1. The largest absolute Gasteiger partial charge is 0.343 e. The number of anilines is 1. The van der Waals surface area contributed by atoms with E-state index in [-0.39, 0.29) is 33.8 Å². The predicted molar refractivity (Wildman–Crippen MR) is 105 cm³/mol. The van der Waals surface area contributed by atoms with Crippen molar-refractivity contribution in [2.75, 3.05) is 11.6 Å². The monoisotopic (exact) mass is 414 g/mol. The maximum atomic E-state index is 12.9. The number of Topliss-reactive ketones (excluding diaryl/α,β-unsaturated/α-hetero) is 1. The van der Waals surface area contributed by atoms with Gasteiger partial charge in [0.2, 0.25) is 0 Å². The fourth-order valence-corrected chi connectivity index (χ4v) is 4.25. The predicted octanol–water partition coefficient (Wildman–Crippen LogP) is 2.56. The highest BCUT2D eigenvalue weighted by molar-refractivity contribution is 7.90. The lowest BCUT2D eigenvalue weighted by atomic mass is 9.96. The van der Waals surface area contributed by atoms with Crippen LogP contribution in [0.5, 0.6) is 0 Å². The minimum atomic E-state index is -3.68. The molecule has 0 amide bonds. The van der Waals surface area contributed by atoms with Crippen LogP contribution in [0.4, 0.5) is 10.2 Å². The lowest BCUT2D eigenvalue weighted by molar-refractivity contribution is -0.115. The van der Waals surface area contributed by atoms with Crippen molar-refractivity contribution in [3.63, 3.8) is 0 Å². The standard InChI is InChI=1S/C20H19FN4O3S/c1-29(27,28)17-8-13(11-22)2-3-14(17)20(23)19-15(4-5-16(19)26)25-18-9-12(10-21)6-7-24-18/h2-3,6-9,20H,4-5,10,23H2,1H3,(H,24,25). The van der Waals surface area contributed by atoms with Gasteiger partial charge in [0.25, 0.3) is 0 Å². The second-order valence-electron chi connectivity index (χ2n) is 6.74. The first-order valence-electron chi connectivity index (χ1n) is 8.78. The zero-order chi connectivity index (χ0) is 21.2. The van der Waals surface area contributed by atoms with Crippen LogP contribution in [-0.4, -0.2) is 25.4 Å². The molecule has 1 aromatic heterocycles. The fourth-order valence-electron chi connectivity index (χ4n) is 3.28. The number of ketones is 1. The summed E-state index contributed by atoms with van der Waals surface area (Å²) in [5, 5.41) is 12.1. The number of benzene rings is 1. The summed E-state index contributed by atoms with van der Waals surface area (Å²) in [6, 6.07) is 8.14. The Hall–Kier alpha value is -3.09. The van der Waals surface area contributed by atoms with Crippen LogP contribution in [0.25, 0.3) is 0 Å². The lowest BCUT2D eigenvalue weighted by Crippen LogP contribution is -2.21. The molecule has 1 atom stereocenters. The molecule has 0 saturated heterocycles. The zero-order valence-electron chi connectivity index (χ0n) is 15.6. The molecule has 1 heterocycles. The van der Waals surface area contributed by atoms with Crippen molar-refractivity contribution in [1.29, 1.82) is 5.26 Å². The van der Waals surface area contributed by atoms with E-state index in [4.69, 9.17) is 11.0 Å². The van der Waals surface area contributed by atoms with Crippen LogP contribution in [0, 0.1) is 11.3 Å². The topological polar surface area (TPSA) is 126 Å². The van der Waals surface area contributed by atoms with E-state index >= 15 is 0 Å². The number of carbonyl (C=O) groups is 1. The maximum Gasteiger partial charge on any atom is 0.175 e. The second kappa shape index (κ2) is 8.11. The Balaban J connectivity index is 2.06. The minimum Gasteiger partial charge on any atom is -0.343 e. The molecule has 3 rings (SSSR count). The number of nitriles is 1. The summed E-state index contributed by atoms with van der Waals surface area (Å²) in [4.78, 5) is 16.6. The average Bonchev–Trinajstić information content (AvgIpc) is 3.06. The third-order valence-electron chi connectivity index (χ3n) is 4.67. The highest BCUT2D eigenvalue weighted by Gasteiger charge is 2.31. The summed E-state index contributed by atoms with van der Waals surface area (Å²) in [5.41, 5.74) is 7.96. The molecule has 1 aliphatic rings. The number of allylic oxidation sites excluding steroid dienone is 1. The summed E-state index contributed by atoms with van der Waals surface area (Å²) >= 11 is 0. The maximum absolute atomic E-state index is 12.9. The summed E-state index contributed by atoms with van der Waals surface area (Å²) in [6.07, 6.45) is 3.08. The highest BCUT2D eigenvalue weighted by Crippen LogP contribution is 2.35. The average molecular weight is 414 g/mol. The number of pyridine rings is 1. The molecule has 2 aromatic rings. The van der Waals surface area contributed by atoms with Crippen LogP contribution in [0.1, 0.15) is 35.6 Å². The molecule has 0 bridgehead atoms. The first-order valence-corrected chi connectivity index (χ1v) is 10.7. The summed E-state index contributed by atoms with van der Waals surface area (Å²) in [7, 11) is -3.68. The van der Waals surface area contributed by atoms with Gasteiger partial charge in [0.05, 0.1) is 22.6 Å². The number of hydrogen-bond donors (Lipinski definition) is 2. The molecule has 1 aliphatic carbocycles. The van der Waals surface area contributed by atoms with Crippen LogP contribution in [0.3, 0.4) is 0 Å². The molecule has 0 radical (unpaired) electrons. The molecule has 150 valence electrons. The van der Waals surface area contributed by atoms with Crippen LogP contribution in [0.2, 0.25) is 0 Å². The molecule has 29 heavy (non-hydrogen) atoms. The Morgan fingerprint density at radius 3 is 2.72 bits per heavy atom. The Morgan fingerprint density at radius 1 is 1.31 bits per heavy atom. The van der Waals surface area contributed by atoms with E-state index in [0.29, 0.717) is 23.5 Å². The van der Waals surface area contributed by atoms with Crippen molar-refractivity contribution in [3.05, 3.63) is 64.5 Å². The Morgan fingerprint density at radius 2 is 2.07 bits per heavy atom. The number of rotatable bonds is 6. The molecule has 1 unspecified atom stereocenters. The van der Waals surface area contributed by atoms with Gasteiger partial charge < -0.3 is 11.1 Å². The number of alkyl halides is 1. The first kappa shape index (κ1) is 20.6. The van der Waals surface area contributed by atoms with E-state index in [0.717, 1.165) is 6.26 Å². The van der Waals surface area contributed by atoms with E-state index in [1.165, 1.54) is 30.5 Å². The van der Waals surface area contributed by atoms with E-state index in [1.54, 1.807) is 6.07 Å². The van der Waals surface area contributed by atoms with Gasteiger partial charge in [-0.2, -0.15) is 5.26 Å². The number of nitrogens with two attached hydrogens (primary N) is 1. The molecular weight excluding hydrogens is 395 g/mol. The van der Waals surface area contributed by atoms with Crippen molar-refractivity contribution in [3.8, 4) is 6.07 Å². The van der Waals surface area contributed by atoms with Crippen molar-refractivity contribution >= 4 is 21.4 Å². The third kappa shape index (κ3) is 4.34. The molecule has 0 aliphatic heterocycles. The van der Waals surface area contributed by atoms with Crippen molar-refractivity contribution < 1.29 is 17.6 Å². The number of aromatic nitrogens is 1. The molecule has 0 fully saturated rings. The Kier molecular flexibility index (Phi) is 5.77. The molecule has 3 N–H and O–H groups in total. The highest BCUT2D eigenvalue weighted by atomic mass is 32.2. The van der Waals surface area contributed by atoms with Gasteiger partial charge in [0.1, 0.15) is 12.5 Å². The second-order valence-corrected chi connectivity index (χ2v) is 8.72. The lowest BCUT2D eigenvalue weighted by Gasteiger charge is -2.19. The van der Waals surface area contributed by atoms with Gasteiger partial charge in [-0.3, -0.25) is 4.79 Å². The zero-order valence-corrected chi connectivity index (χ0v) is 16.5. The number of hydrogen-bond acceptors (Lipinski definition) is 7. The minimum absolute atomic E-state index is 0.0897. The van der Waals surface area contributed by atoms with Crippen LogP contribution in [-0.2, 0) is 21.3 Å². The summed E-state index contributed by atoms with van der Waals surface area (Å²) < 4.78 is 37.4. The normalized spacial score (nSPS) is 15.3. The van der Waals surface area contributed by atoms with Crippen LogP contribution in [0.15, 0.2) is 52.7 Å². The van der Waals surface area contributed by atoms with E-state index in [9.17, 15) is 17.6 Å². The SMILES string of the molecule is CS(=O)(=O)c1cc(C#N)ccc1C(N)C1=C(Nc2cc(CF)ccn2)CCC1=O. The molecule has 7 nitrogen and oxygen atoms in total. The van der Waals surface area contributed by atoms with Gasteiger partial charge in [-0.05, 0) is 41.8 Å². The van der Waals surface area contributed by atoms with Gasteiger partial charge >= 0.3 is 0 Å². The van der Waals surface area contributed by atoms with E-state index in [2.05, 4.69) is 10.3 Å². The van der Waals surface area contributed by atoms with Gasteiger partial charge in [-0.1, -0.05) is 6.07 Å². The number of nitrogens with one attached hydrogen (secondary N) is 1. The van der Waals surface area contributed by atoms with Crippen molar-refractivity contribution in [2.24, 2.45) is 5.73 Å². The van der Waals surface area contributed by atoms with Crippen LogP contribution < -0.4 is 11.1 Å². The molecule has 0 saturated carbocycles. The molecule has 1 aromatic carbocycles.